The topological polar surface area (TPSA) is 114 Å². The molecular formula is C19H22FN4O5S-. The summed E-state index contributed by atoms with van der Waals surface area (Å²) in [4.78, 5) is 28.6. The van der Waals surface area contributed by atoms with Gasteiger partial charge in [0.2, 0.25) is 0 Å². The van der Waals surface area contributed by atoms with Gasteiger partial charge in [-0.15, -0.1) is 0 Å². The molecular weight excluding hydrogens is 415 g/mol. The van der Waals surface area contributed by atoms with Gasteiger partial charge >= 0.3 is 0 Å². The molecule has 162 valence electrons. The van der Waals surface area contributed by atoms with Gasteiger partial charge in [-0.2, -0.15) is 0 Å². The fourth-order valence-corrected chi connectivity index (χ4v) is 3.61. The fraction of sp³-hybridized carbons (Fsp3) is 0.368. The Balaban J connectivity index is 1.66. The first kappa shape index (κ1) is 21.8. The minimum Gasteiger partial charge on any atom is -0.755 e. The number of piperazine rings is 1. The molecule has 3 rings (SSSR count). The van der Waals surface area contributed by atoms with Crippen molar-refractivity contribution in [3.05, 3.63) is 47.4 Å². The van der Waals surface area contributed by atoms with E-state index in [0.29, 0.717) is 0 Å². The van der Waals surface area contributed by atoms with Gasteiger partial charge in [-0.3, -0.25) is 13.8 Å². The molecule has 0 aliphatic carbocycles. The van der Waals surface area contributed by atoms with Gasteiger partial charge in [0, 0.05) is 55.2 Å². The normalized spacial score (nSPS) is 19.9. The SMILES string of the molecule is COc1cc(NS(=O)[O-])ccc1C(=O)N1CCN(C(=O)C2=C(F)C=CC(C)N2)CC1. The number of nitrogens with one attached hydrogen (secondary N) is 2. The van der Waals surface area contributed by atoms with E-state index in [2.05, 4.69) is 10.0 Å². The van der Waals surface area contributed by atoms with E-state index in [-0.39, 0.29) is 60.8 Å². The van der Waals surface area contributed by atoms with Crippen molar-refractivity contribution in [3.63, 3.8) is 0 Å². The number of amides is 2. The second kappa shape index (κ2) is 9.26. The standard InChI is InChI=1S/C19H23FN4O5S/c1-12-3-6-15(20)17(21-12)19(26)24-9-7-23(8-10-24)18(25)14-5-4-13(22-30(27)28)11-16(14)29-2/h3-6,11-12,21-22H,7-10H2,1-2H3,(H,27,28)/p-1. The van der Waals surface area contributed by atoms with E-state index in [1.165, 1.54) is 36.3 Å². The van der Waals surface area contributed by atoms with Crippen LogP contribution in [0.2, 0.25) is 0 Å². The van der Waals surface area contributed by atoms with E-state index in [1.807, 2.05) is 6.92 Å². The van der Waals surface area contributed by atoms with Crippen LogP contribution in [0.3, 0.4) is 0 Å². The number of carbonyl (C=O) groups excluding carboxylic acids is 2. The number of halogens is 1. The highest BCUT2D eigenvalue weighted by molar-refractivity contribution is 7.80. The van der Waals surface area contributed by atoms with Crippen molar-refractivity contribution in [2.45, 2.75) is 13.0 Å². The van der Waals surface area contributed by atoms with Crippen LogP contribution in [-0.4, -0.2) is 69.7 Å². The van der Waals surface area contributed by atoms with Gasteiger partial charge in [0.1, 0.15) is 11.4 Å². The van der Waals surface area contributed by atoms with Crippen molar-refractivity contribution < 1.29 is 27.5 Å². The van der Waals surface area contributed by atoms with Crippen molar-refractivity contribution in [1.29, 1.82) is 0 Å². The molecule has 0 saturated carbocycles. The highest BCUT2D eigenvalue weighted by atomic mass is 32.2. The highest BCUT2D eigenvalue weighted by Crippen LogP contribution is 2.25. The number of carbonyl (C=O) groups is 2. The Kier molecular flexibility index (Phi) is 6.73. The molecule has 2 aliphatic rings. The minimum absolute atomic E-state index is 0.0645. The van der Waals surface area contributed by atoms with Gasteiger partial charge in [0.05, 0.1) is 12.7 Å². The number of anilines is 1. The maximum atomic E-state index is 14.0. The second-order valence-electron chi connectivity index (χ2n) is 6.85. The largest absolute Gasteiger partial charge is 0.755 e. The molecule has 1 fully saturated rings. The molecule has 1 aromatic carbocycles. The van der Waals surface area contributed by atoms with Crippen molar-refractivity contribution in [1.82, 2.24) is 15.1 Å². The van der Waals surface area contributed by atoms with Gasteiger partial charge in [0.25, 0.3) is 11.8 Å². The van der Waals surface area contributed by atoms with Crippen LogP contribution in [0.25, 0.3) is 0 Å². The Bertz CT molecular complexity index is 927. The number of allylic oxidation sites excluding steroid dienone is 2. The number of benzene rings is 1. The summed E-state index contributed by atoms with van der Waals surface area (Å²) in [7, 11) is 1.38. The molecule has 0 aromatic heterocycles. The van der Waals surface area contributed by atoms with Gasteiger partial charge in [-0.25, -0.2) is 4.39 Å². The monoisotopic (exact) mass is 437 g/mol. The Morgan fingerprint density at radius 1 is 1.23 bits per heavy atom. The molecule has 2 aliphatic heterocycles. The summed E-state index contributed by atoms with van der Waals surface area (Å²) in [6, 6.07) is 4.22. The third-order valence-corrected chi connectivity index (χ3v) is 5.25. The van der Waals surface area contributed by atoms with Crippen LogP contribution in [0.15, 0.2) is 41.9 Å². The summed E-state index contributed by atoms with van der Waals surface area (Å²) in [5, 5.41) is 2.84. The van der Waals surface area contributed by atoms with Gasteiger partial charge in [0.15, 0.2) is 5.83 Å². The van der Waals surface area contributed by atoms with E-state index in [9.17, 15) is 22.7 Å². The van der Waals surface area contributed by atoms with E-state index < -0.39 is 23.0 Å². The van der Waals surface area contributed by atoms with Crippen molar-refractivity contribution in [2.24, 2.45) is 0 Å². The van der Waals surface area contributed by atoms with Crippen LogP contribution in [-0.2, 0) is 16.1 Å². The Morgan fingerprint density at radius 3 is 2.47 bits per heavy atom. The molecule has 2 atom stereocenters. The first-order valence-corrected chi connectivity index (χ1v) is 10.3. The molecule has 9 nitrogen and oxygen atoms in total. The summed E-state index contributed by atoms with van der Waals surface area (Å²) < 4.78 is 43.0. The zero-order valence-electron chi connectivity index (χ0n) is 16.5. The first-order chi connectivity index (χ1) is 14.3. The summed E-state index contributed by atoms with van der Waals surface area (Å²) in [6.45, 7) is 2.89. The smallest absolute Gasteiger partial charge is 0.273 e. The molecule has 0 bridgehead atoms. The van der Waals surface area contributed by atoms with Crippen molar-refractivity contribution in [2.75, 3.05) is 38.0 Å². The van der Waals surface area contributed by atoms with E-state index in [4.69, 9.17) is 4.74 Å². The van der Waals surface area contributed by atoms with E-state index >= 15 is 0 Å². The number of rotatable bonds is 5. The third-order valence-electron chi connectivity index (χ3n) is 4.84. The second-order valence-corrected chi connectivity index (χ2v) is 7.52. The van der Waals surface area contributed by atoms with Crippen LogP contribution in [0.5, 0.6) is 5.75 Å². The number of ether oxygens (including phenoxy) is 1. The lowest BCUT2D eigenvalue weighted by atomic mass is 10.1. The van der Waals surface area contributed by atoms with Gasteiger partial charge in [-0.05, 0) is 25.1 Å². The Hall–Kier alpha value is -2.92. The molecule has 2 unspecified atom stereocenters. The molecule has 0 radical (unpaired) electrons. The van der Waals surface area contributed by atoms with Crippen LogP contribution >= 0.6 is 0 Å². The maximum absolute atomic E-state index is 14.0. The highest BCUT2D eigenvalue weighted by Gasteiger charge is 2.30. The number of nitrogens with zero attached hydrogens (tertiary/aromatic N) is 2. The molecule has 11 heteroatoms. The van der Waals surface area contributed by atoms with Crippen molar-refractivity contribution in [3.8, 4) is 5.75 Å². The fourth-order valence-electron chi connectivity index (χ4n) is 3.29. The van der Waals surface area contributed by atoms with Crippen LogP contribution in [0.4, 0.5) is 10.1 Å². The molecule has 1 saturated heterocycles. The molecule has 2 N–H and O–H groups in total. The number of dihydropyridines is 1. The average Bonchev–Trinajstić information content (AvgIpc) is 2.74. The zero-order valence-corrected chi connectivity index (χ0v) is 17.3. The summed E-state index contributed by atoms with van der Waals surface area (Å²) in [6.07, 6.45) is 2.91. The predicted molar refractivity (Wildman–Crippen MR) is 108 cm³/mol. The van der Waals surface area contributed by atoms with Gasteiger partial charge < -0.3 is 29.1 Å². The number of hydrogen-bond acceptors (Lipinski definition) is 6. The average molecular weight is 437 g/mol. The van der Waals surface area contributed by atoms with Crippen molar-refractivity contribution >= 4 is 28.8 Å². The predicted octanol–water partition coefficient (Wildman–Crippen LogP) is 0.915. The number of hydrogen-bond donors (Lipinski definition) is 2. The van der Waals surface area contributed by atoms with Gasteiger partial charge in [-0.1, -0.05) is 6.08 Å². The van der Waals surface area contributed by atoms with E-state index in [1.54, 1.807) is 11.0 Å². The Labute approximate surface area is 176 Å². The van der Waals surface area contributed by atoms with Crippen LogP contribution in [0.1, 0.15) is 17.3 Å². The minimum atomic E-state index is -2.49. The summed E-state index contributed by atoms with van der Waals surface area (Å²) in [5.74, 6) is -1.11. The first-order valence-electron chi connectivity index (χ1n) is 9.27. The molecule has 30 heavy (non-hydrogen) atoms. The summed E-state index contributed by atoms with van der Waals surface area (Å²) in [5.41, 5.74) is 0.483. The molecule has 1 aromatic rings. The van der Waals surface area contributed by atoms with Crippen LogP contribution < -0.4 is 14.8 Å². The lowest BCUT2D eigenvalue weighted by Crippen LogP contribution is -2.52. The Morgan fingerprint density at radius 2 is 1.87 bits per heavy atom. The molecule has 0 spiro atoms. The maximum Gasteiger partial charge on any atom is 0.273 e. The lowest BCUT2D eigenvalue weighted by Gasteiger charge is -2.36. The summed E-state index contributed by atoms with van der Waals surface area (Å²) >= 11 is -2.49. The molecule has 2 amide bonds. The molecule has 2 heterocycles. The third kappa shape index (κ3) is 4.79. The van der Waals surface area contributed by atoms with Crippen LogP contribution in [0, 0.1) is 0 Å². The quantitative estimate of drug-likeness (QED) is 0.662. The lowest BCUT2D eigenvalue weighted by molar-refractivity contribution is -0.129. The number of methoxy groups -OCH3 is 1. The zero-order chi connectivity index (χ0) is 21.8. The van der Waals surface area contributed by atoms with E-state index in [0.717, 1.165) is 0 Å².